The fourth-order valence-electron chi connectivity index (χ4n) is 1.46. The van der Waals surface area contributed by atoms with Gasteiger partial charge in [0.15, 0.2) is 0 Å². The molecule has 1 N–H and O–H groups in total. The molecule has 2 rings (SSSR count). The first-order valence-electron chi connectivity index (χ1n) is 4.45. The van der Waals surface area contributed by atoms with E-state index in [9.17, 15) is 0 Å². The van der Waals surface area contributed by atoms with Crippen molar-refractivity contribution in [2.24, 2.45) is 0 Å². The third-order valence-corrected chi connectivity index (χ3v) is 3.21. The van der Waals surface area contributed by atoms with Crippen LogP contribution in [0.25, 0.3) is 10.9 Å². The second-order valence-corrected chi connectivity index (χ2v) is 4.76. The largest absolute Gasteiger partial charge is 0.360 e. The van der Waals surface area contributed by atoms with Crippen LogP contribution in [0, 0.1) is 3.57 Å². The maximum absolute atomic E-state index is 3.25. The molecule has 1 aromatic heterocycles. The van der Waals surface area contributed by atoms with E-state index >= 15 is 0 Å². The van der Waals surface area contributed by atoms with Gasteiger partial charge >= 0.3 is 0 Å². The standard InChI is InChI=1S/C11H12IN/c1-7(2)8-3-4-11-9(5-8)10(12)6-13-11/h3-7,13H,1-2H3. The molecule has 0 saturated heterocycles. The summed E-state index contributed by atoms with van der Waals surface area (Å²) in [7, 11) is 0. The molecule has 0 aliphatic carbocycles. The minimum atomic E-state index is 0.607. The predicted octanol–water partition coefficient (Wildman–Crippen LogP) is 3.90. The van der Waals surface area contributed by atoms with E-state index in [1.165, 1.54) is 20.0 Å². The lowest BCUT2D eigenvalue weighted by atomic mass is 10.0. The van der Waals surface area contributed by atoms with Gasteiger partial charge in [0.25, 0.3) is 0 Å². The molecule has 13 heavy (non-hydrogen) atoms. The Bertz CT molecular complexity index is 429. The Balaban J connectivity index is 2.66. The molecule has 0 bridgehead atoms. The van der Waals surface area contributed by atoms with Gasteiger partial charge in [0, 0.05) is 20.7 Å². The van der Waals surface area contributed by atoms with Crippen LogP contribution in [-0.2, 0) is 0 Å². The average molecular weight is 285 g/mol. The number of fused-ring (bicyclic) bond motifs is 1. The highest BCUT2D eigenvalue weighted by Gasteiger charge is 2.03. The molecule has 0 fully saturated rings. The molecule has 1 aromatic carbocycles. The van der Waals surface area contributed by atoms with Gasteiger partial charge in [0.2, 0.25) is 0 Å². The topological polar surface area (TPSA) is 15.8 Å². The quantitative estimate of drug-likeness (QED) is 0.765. The van der Waals surface area contributed by atoms with E-state index in [0.29, 0.717) is 5.92 Å². The second-order valence-electron chi connectivity index (χ2n) is 3.60. The molecule has 0 radical (unpaired) electrons. The summed E-state index contributed by atoms with van der Waals surface area (Å²) in [6.45, 7) is 4.45. The van der Waals surface area contributed by atoms with Crippen LogP contribution in [0.3, 0.4) is 0 Å². The first-order valence-corrected chi connectivity index (χ1v) is 5.53. The zero-order valence-electron chi connectivity index (χ0n) is 7.76. The van der Waals surface area contributed by atoms with Crippen LogP contribution in [0.2, 0.25) is 0 Å². The molecular formula is C11H12IN. The Morgan fingerprint density at radius 3 is 2.77 bits per heavy atom. The van der Waals surface area contributed by atoms with Crippen molar-refractivity contribution in [2.45, 2.75) is 19.8 Å². The van der Waals surface area contributed by atoms with Crippen molar-refractivity contribution in [3.8, 4) is 0 Å². The van der Waals surface area contributed by atoms with Crippen LogP contribution in [0.15, 0.2) is 24.4 Å². The normalized spacial score (nSPS) is 11.4. The fourth-order valence-corrected chi connectivity index (χ4v) is 2.07. The molecule has 0 aliphatic rings. The van der Waals surface area contributed by atoms with Crippen molar-refractivity contribution < 1.29 is 0 Å². The van der Waals surface area contributed by atoms with Gasteiger partial charge in [0.1, 0.15) is 0 Å². The highest BCUT2D eigenvalue weighted by atomic mass is 127. The molecular weight excluding hydrogens is 273 g/mol. The number of halogens is 1. The summed E-state index contributed by atoms with van der Waals surface area (Å²) in [6.07, 6.45) is 2.05. The van der Waals surface area contributed by atoms with E-state index in [2.05, 4.69) is 65.8 Å². The Morgan fingerprint density at radius 2 is 2.08 bits per heavy atom. The summed E-state index contributed by atoms with van der Waals surface area (Å²) in [5.41, 5.74) is 2.64. The number of rotatable bonds is 1. The second kappa shape index (κ2) is 3.33. The SMILES string of the molecule is CC(C)c1ccc2[nH]cc(I)c2c1. The minimum Gasteiger partial charge on any atom is -0.360 e. The van der Waals surface area contributed by atoms with Gasteiger partial charge in [-0.15, -0.1) is 0 Å². The highest BCUT2D eigenvalue weighted by molar-refractivity contribution is 14.1. The van der Waals surface area contributed by atoms with Crippen molar-refractivity contribution in [2.75, 3.05) is 0 Å². The van der Waals surface area contributed by atoms with Crippen molar-refractivity contribution in [3.63, 3.8) is 0 Å². The summed E-state index contributed by atoms with van der Waals surface area (Å²) in [5.74, 6) is 0.607. The third-order valence-electron chi connectivity index (χ3n) is 2.32. The summed E-state index contributed by atoms with van der Waals surface area (Å²) in [6, 6.07) is 6.63. The van der Waals surface area contributed by atoms with E-state index in [1.54, 1.807) is 0 Å². The molecule has 0 aliphatic heterocycles. The van der Waals surface area contributed by atoms with E-state index in [1.807, 2.05) is 0 Å². The van der Waals surface area contributed by atoms with E-state index in [0.717, 1.165) is 0 Å². The van der Waals surface area contributed by atoms with Crippen molar-refractivity contribution in [3.05, 3.63) is 33.5 Å². The molecule has 0 unspecified atom stereocenters. The van der Waals surface area contributed by atoms with Crippen LogP contribution in [-0.4, -0.2) is 4.98 Å². The van der Waals surface area contributed by atoms with E-state index < -0.39 is 0 Å². The maximum Gasteiger partial charge on any atom is 0.0465 e. The van der Waals surface area contributed by atoms with E-state index in [-0.39, 0.29) is 0 Å². The maximum atomic E-state index is 3.25. The lowest BCUT2D eigenvalue weighted by Crippen LogP contribution is -1.85. The summed E-state index contributed by atoms with van der Waals surface area (Å²) < 4.78 is 1.30. The van der Waals surface area contributed by atoms with Crippen LogP contribution in [0.4, 0.5) is 0 Å². The summed E-state index contributed by atoms with van der Waals surface area (Å²) in [5, 5.41) is 1.34. The Morgan fingerprint density at radius 1 is 1.31 bits per heavy atom. The molecule has 68 valence electrons. The number of aromatic amines is 1. The van der Waals surface area contributed by atoms with E-state index in [4.69, 9.17) is 0 Å². The number of aromatic nitrogens is 1. The third kappa shape index (κ3) is 1.59. The Kier molecular flexibility index (Phi) is 2.32. The van der Waals surface area contributed by atoms with Gasteiger partial charge in [-0.25, -0.2) is 0 Å². The Hall–Kier alpha value is -0.510. The zero-order valence-corrected chi connectivity index (χ0v) is 9.92. The first kappa shape index (κ1) is 9.06. The first-order chi connectivity index (χ1) is 6.18. The molecule has 1 nitrogen and oxygen atoms in total. The molecule has 0 spiro atoms. The highest BCUT2D eigenvalue weighted by Crippen LogP contribution is 2.24. The van der Waals surface area contributed by atoms with Crippen molar-refractivity contribution in [1.29, 1.82) is 0 Å². The van der Waals surface area contributed by atoms with Gasteiger partial charge < -0.3 is 4.98 Å². The van der Waals surface area contributed by atoms with Gasteiger partial charge in [0.05, 0.1) is 0 Å². The van der Waals surface area contributed by atoms with Crippen molar-refractivity contribution in [1.82, 2.24) is 4.98 Å². The number of H-pyrrole nitrogens is 1. The summed E-state index contributed by atoms with van der Waals surface area (Å²) >= 11 is 2.36. The Labute approximate surface area is 91.7 Å². The van der Waals surface area contributed by atoms with Gasteiger partial charge in [-0.3, -0.25) is 0 Å². The van der Waals surface area contributed by atoms with Gasteiger partial charge in [-0.1, -0.05) is 19.9 Å². The summed E-state index contributed by atoms with van der Waals surface area (Å²) in [4.78, 5) is 3.25. The number of benzene rings is 1. The molecule has 2 aromatic rings. The van der Waals surface area contributed by atoms with Gasteiger partial charge in [-0.2, -0.15) is 0 Å². The number of hydrogen-bond acceptors (Lipinski definition) is 0. The molecule has 1 heterocycles. The number of nitrogens with one attached hydrogen (secondary N) is 1. The van der Waals surface area contributed by atoms with Crippen LogP contribution in [0.5, 0.6) is 0 Å². The molecule has 0 atom stereocenters. The molecule has 0 saturated carbocycles. The zero-order chi connectivity index (χ0) is 9.42. The molecule has 0 amide bonds. The smallest absolute Gasteiger partial charge is 0.0465 e. The monoisotopic (exact) mass is 285 g/mol. The minimum absolute atomic E-state index is 0.607. The predicted molar refractivity (Wildman–Crippen MR) is 65.1 cm³/mol. The van der Waals surface area contributed by atoms with Crippen molar-refractivity contribution >= 4 is 33.5 Å². The van der Waals surface area contributed by atoms with Gasteiger partial charge in [-0.05, 0) is 46.2 Å². The van der Waals surface area contributed by atoms with Crippen LogP contribution < -0.4 is 0 Å². The van der Waals surface area contributed by atoms with Crippen LogP contribution >= 0.6 is 22.6 Å². The van der Waals surface area contributed by atoms with Crippen LogP contribution in [0.1, 0.15) is 25.3 Å². The average Bonchev–Trinajstić information content (AvgIpc) is 2.47. The lowest BCUT2D eigenvalue weighted by molar-refractivity contribution is 0.869. The molecule has 2 heteroatoms. The lowest BCUT2D eigenvalue weighted by Gasteiger charge is -2.04. The number of hydrogen-bond donors (Lipinski definition) is 1. The fraction of sp³-hybridized carbons (Fsp3) is 0.273.